The number of hydrogen-bond acceptors (Lipinski definition) is 4. The van der Waals surface area contributed by atoms with Gasteiger partial charge in [-0.25, -0.2) is 0 Å². The summed E-state index contributed by atoms with van der Waals surface area (Å²) < 4.78 is 5.82. The second kappa shape index (κ2) is 8.21. The van der Waals surface area contributed by atoms with Gasteiger partial charge in [0.25, 0.3) is 0 Å². The van der Waals surface area contributed by atoms with Crippen LogP contribution in [-0.2, 0) is 9.59 Å². The van der Waals surface area contributed by atoms with Gasteiger partial charge < -0.3 is 4.74 Å². The van der Waals surface area contributed by atoms with Crippen molar-refractivity contribution in [2.24, 2.45) is 5.92 Å². The number of carbonyl (C=O) groups excluding carboxylic acids is 2. The Labute approximate surface area is 151 Å². The molecule has 1 saturated carbocycles. The van der Waals surface area contributed by atoms with Gasteiger partial charge >= 0.3 is 0 Å². The van der Waals surface area contributed by atoms with Gasteiger partial charge in [0, 0.05) is 0 Å². The van der Waals surface area contributed by atoms with Gasteiger partial charge in [-0.3, -0.25) is 9.59 Å². The number of ether oxygens (including phenoxy) is 1. The Balaban J connectivity index is 1.57. The van der Waals surface area contributed by atoms with Gasteiger partial charge in [-0.2, -0.15) is 0 Å². The highest BCUT2D eigenvalue weighted by Crippen LogP contribution is 2.33. The summed E-state index contributed by atoms with van der Waals surface area (Å²) in [6.07, 6.45) is 9.47. The first kappa shape index (κ1) is 17.6. The van der Waals surface area contributed by atoms with Crippen LogP contribution in [0.3, 0.4) is 0 Å². The third-order valence-corrected chi connectivity index (χ3v) is 5.85. The smallest absolute Gasteiger partial charge is 0.201 e. The first-order valence-electron chi connectivity index (χ1n) is 8.50. The standard InChI is InChI=1S/C19H21ClO3S/c20-16-11-15(23-9-8-13-4-2-1-3-5-13)7-6-14(16)10-18-17(21)12-19(22)24-18/h6-7,10-11,13H,1-5,8-9,12H2/b18-10-. The van der Waals surface area contributed by atoms with Crippen LogP contribution in [0.25, 0.3) is 6.08 Å². The minimum absolute atomic E-state index is 0.0174. The molecule has 24 heavy (non-hydrogen) atoms. The zero-order chi connectivity index (χ0) is 16.9. The summed E-state index contributed by atoms with van der Waals surface area (Å²) in [7, 11) is 0. The van der Waals surface area contributed by atoms with E-state index in [4.69, 9.17) is 16.3 Å². The van der Waals surface area contributed by atoms with Crippen molar-refractivity contribution < 1.29 is 14.3 Å². The van der Waals surface area contributed by atoms with Gasteiger partial charge in [-0.1, -0.05) is 43.7 Å². The number of ketones is 1. The van der Waals surface area contributed by atoms with Crippen LogP contribution in [0.15, 0.2) is 23.1 Å². The van der Waals surface area contributed by atoms with Crippen molar-refractivity contribution in [1.82, 2.24) is 0 Å². The molecule has 0 spiro atoms. The number of hydrogen-bond donors (Lipinski definition) is 0. The van der Waals surface area contributed by atoms with E-state index < -0.39 is 0 Å². The third-order valence-electron chi connectivity index (χ3n) is 4.58. The van der Waals surface area contributed by atoms with E-state index >= 15 is 0 Å². The van der Waals surface area contributed by atoms with Crippen molar-refractivity contribution in [3.8, 4) is 5.75 Å². The lowest BCUT2D eigenvalue weighted by atomic mass is 9.87. The molecular formula is C19H21ClO3S. The number of benzene rings is 1. The molecule has 1 aromatic rings. The summed E-state index contributed by atoms with van der Waals surface area (Å²) in [4.78, 5) is 23.4. The molecule has 0 unspecified atom stereocenters. The van der Waals surface area contributed by atoms with Crippen LogP contribution in [0.4, 0.5) is 0 Å². The molecule has 0 amide bonds. The lowest BCUT2D eigenvalue weighted by molar-refractivity contribution is -0.119. The highest BCUT2D eigenvalue weighted by atomic mass is 35.5. The number of carbonyl (C=O) groups is 2. The Morgan fingerprint density at radius 1 is 1.21 bits per heavy atom. The average Bonchev–Trinajstić information content (AvgIpc) is 2.88. The maximum absolute atomic E-state index is 11.7. The van der Waals surface area contributed by atoms with Crippen molar-refractivity contribution in [3.05, 3.63) is 33.7 Å². The number of Topliss-reactive ketones (excluding diaryl/α,β-unsaturated/α-hetero) is 1. The number of rotatable bonds is 5. The lowest BCUT2D eigenvalue weighted by Crippen LogP contribution is -2.10. The summed E-state index contributed by atoms with van der Waals surface area (Å²) in [6.45, 7) is 0.713. The molecule has 1 aromatic carbocycles. The Bertz CT molecular complexity index is 663. The van der Waals surface area contributed by atoms with Crippen molar-refractivity contribution in [1.29, 1.82) is 0 Å². The fraction of sp³-hybridized carbons (Fsp3) is 0.474. The van der Waals surface area contributed by atoms with Crippen LogP contribution < -0.4 is 4.74 Å². The molecule has 2 aliphatic rings. The fourth-order valence-corrected chi connectivity index (χ4v) is 4.26. The van der Waals surface area contributed by atoms with E-state index in [1.165, 1.54) is 32.1 Å². The van der Waals surface area contributed by atoms with Crippen molar-refractivity contribution in [2.45, 2.75) is 44.9 Å². The molecular weight excluding hydrogens is 344 g/mol. The van der Waals surface area contributed by atoms with Gasteiger partial charge in [0.15, 0.2) is 5.78 Å². The molecule has 0 bridgehead atoms. The first-order valence-corrected chi connectivity index (χ1v) is 9.69. The van der Waals surface area contributed by atoms with E-state index in [2.05, 4.69) is 0 Å². The van der Waals surface area contributed by atoms with E-state index in [9.17, 15) is 9.59 Å². The van der Waals surface area contributed by atoms with Crippen molar-refractivity contribution >= 4 is 40.3 Å². The van der Waals surface area contributed by atoms with E-state index in [0.29, 0.717) is 16.5 Å². The molecule has 0 aromatic heterocycles. The van der Waals surface area contributed by atoms with Crippen LogP contribution in [0.2, 0.25) is 5.02 Å². The average molecular weight is 365 g/mol. The molecule has 128 valence electrons. The van der Waals surface area contributed by atoms with Crippen molar-refractivity contribution in [3.63, 3.8) is 0 Å². The maximum Gasteiger partial charge on any atom is 0.201 e. The summed E-state index contributed by atoms with van der Waals surface area (Å²) in [6, 6.07) is 5.48. The molecule has 2 fully saturated rings. The van der Waals surface area contributed by atoms with Crippen LogP contribution in [0.5, 0.6) is 5.75 Å². The normalized spacial score (nSPS) is 20.8. The largest absolute Gasteiger partial charge is 0.494 e. The molecule has 5 heteroatoms. The topological polar surface area (TPSA) is 43.4 Å². The third kappa shape index (κ3) is 4.64. The van der Waals surface area contributed by atoms with E-state index in [1.807, 2.05) is 12.1 Å². The second-order valence-corrected chi connectivity index (χ2v) is 7.91. The molecule has 3 rings (SSSR count). The quantitative estimate of drug-likeness (QED) is 0.527. The van der Waals surface area contributed by atoms with Crippen molar-refractivity contribution in [2.75, 3.05) is 6.61 Å². The molecule has 1 aliphatic heterocycles. The molecule has 1 aliphatic carbocycles. The Kier molecular flexibility index (Phi) is 6.01. The van der Waals surface area contributed by atoms with Crippen LogP contribution >= 0.6 is 23.4 Å². The summed E-state index contributed by atoms with van der Waals surface area (Å²) in [5.41, 5.74) is 0.738. The van der Waals surface area contributed by atoms with Crippen LogP contribution in [-0.4, -0.2) is 17.5 Å². The zero-order valence-electron chi connectivity index (χ0n) is 13.6. The monoisotopic (exact) mass is 364 g/mol. The van der Waals surface area contributed by atoms with Gasteiger partial charge in [0.1, 0.15) is 5.75 Å². The number of halogens is 1. The predicted octanol–water partition coefficient (Wildman–Crippen LogP) is 5.26. The minimum atomic E-state index is -0.131. The first-order chi connectivity index (χ1) is 11.6. The lowest BCUT2D eigenvalue weighted by Gasteiger charge is -2.21. The van der Waals surface area contributed by atoms with Gasteiger partial charge in [-0.05, 0) is 53.9 Å². The van der Waals surface area contributed by atoms with E-state index in [-0.39, 0.29) is 17.3 Å². The highest BCUT2D eigenvalue weighted by Gasteiger charge is 2.26. The highest BCUT2D eigenvalue weighted by molar-refractivity contribution is 8.18. The Morgan fingerprint density at radius 2 is 2.00 bits per heavy atom. The minimum Gasteiger partial charge on any atom is -0.494 e. The Morgan fingerprint density at radius 3 is 2.67 bits per heavy atom. The molecule has 1 saturated heterocycles. The maximum atomic E-state index is 11.7. The van der Waals surface area contributed by atoms with Crippen LogP contribution in [0.1, 0.15) is 50.5 Å². The predicted molar refractivity (Wildman–Crippen MR) is 98.3 cm³/mol. The van der Waals surface area contributed by atoms with Gasteiger partial charge in [0.2, 0.25) is 5.12 Å². The number of allylic oxidation sites excluding steroid dienone is 1. The van der Waals surface area contributed by atoms with E-state index in [0.717, 1.165) is 35.4 Å². The summed E-state index contributed by atoms with van der Waals surface area (Å²) in [5, 5.41) is 0.426. The van der Waals surface area contributed by atoms with Gasteiger partial charge in [0.05, 0.1) is 23.0 Å². The molecule has 0 radical (unpaired) electrons. The SMILES string of the molecule is O=C1CC(=O)/C(=C/c2ccc(OCCC3CCCCC3)cc2Cl)S1. The molecule has 1 heterocycles. The van der Waals surface area contributed by atoms with Gasteiger partial charge in [-0.15, -0.1) is 0 Å². The molecule has 0 N–H and O–H groups in total. The summed E-state index contributed by atoms with van der Waals surface area (Å²) in [5.74, 6) is 1.41. The fourth-order valence-electron chi connectivity index (χ4n) is 3.22. The molecule has 0 atom stereocenters. The molecule has 3 nitrogen and oxygen atoms in total. The number of thioether (sulfide) groups is 1. The Hall–Kier alpha value is -1.26. The van der Waals surface area contributed by atoms with E-state index in [1.54, 1.807) is 12.1 Å². The van der Waals surface area contributed by atoms with Crippen LogP contribution in [0, 0.1) is 5.92 Å². The zero-order valence-corrected chi connectivity index (χ0v) is 15.1. The summed E-state index contributed by atoms with van der Waals surface area (Å²) >= 11 is 7.28. The second-order valence-electron chi connectivity index (χ2n) is 6.41.